The highest BCUT2D eigenvalue weighted by molar-refractivity contribution is 5.80. The second-order valence-electron chi connectivity index (χ2n) is 8.62. The number of amides is 2. The average molecular weight is 441 g/mol. The summed E-state index contributed by atoms with van der Waals surface area (Å²) in [5.74, 6) is 0.125. The van der Waals surface area contributed by atoms with Crippen molar-refractivity contribution in [1.29, 1.82) is 0 Å². The van der Waals surface area contributed by atoms with Gasteiger partial charge in [-0.3, -0.25) is 9.59 Å². The van der Waals surface area contributed by atoms with Gasteiger partial charge in [0.1, 0.15) is 11.6 Å². The maximum absolute atomic E-state index is 14.6. The monoisotopic (exact) mass is 440 g/mol. The summed E-state index contributed by atoms with van der Waals surface area (Å²) in [6.07, 6.45) is 4.10. The van der Waals surface area contributed by atoms with Gasteiger partial charge in [-0.05, 0) is 42.9 Å². The number of nitrogens with zero attached hydrogens (tertiary/aromatic N) is 1. The van der Waals surface area contributed by atoms with E-state index in [0.717, 1.165) is 18.4 Å². The predicted molar refractivity (Wildman–Crippen MR) is 123 cm³/mol. The number of hydrogen-bond donors (Lipinski definition) is 1. The third-order valence-corrected chi connectivity index (χ3v) is 6.19. The highest BCUT2D eigenvalue weighted by Crippen LogP contribution is 2.31. The van der Waals surface area contributed by atoms with Gasteiger partial charge >= 0.3 is 0 Å². The minimum Gasteiger partial charge on any atom is -0.497 e. The topological polar surface area (TPSA) is 58.6 Å². The first kappa shape index (κ1) is 23.8. The van der Waals surface area contributed by atoms with Crippen LogP contribution < -0.4 is 10.1 Å². The molecule has 1 fully saturated rings. The number of rotatable bonds is 11. The van der Waals surface area contributed by atoms with Crippen molar-refractivity contribution in [2.45, 2.75) is 64.0 Å². The van der Waals surface area contributed by atoms with E-state index >= 15 is 0 Å². The molecule has 0 aliphatic carbocycles. The Morgan fingerprint density at radius 2 is 2.00 bits per heavy atom. The number of ether oxygens (including phenoxy) is 1. The van der Waals surface area contributed by atoms with Crippen LogP contribution in [0.25, 0.3) is 0 Å². The number of methoxy groups -OCH3 is 1. The number of nitrogens with one attached hydrogen (secondary N) is 1. The lowest BCUT2D eigenvalue weighted by Crippen LogP contribution is -2.45. The molecule has 1 aliphatic rings. The van der Waals surface area contributed by atoms with Crippen molar-refractivity contribution in [1.82, 2.24) is 10.2 Å². The van der Waals surface area contributed by atoms with E-state index < -0.39 is 5.54 Å². The van der Waals surface area contributed by atoms with E-state index in [4.69, 9.17) is 4.74 Å². The van der Waals surface area contributed by atoms with Crippen LogP contribution in [0.5, 0.6) is 5.75 Å². The summed E-state index contributed by atoms with van der Waals surface area (Å²) in [5.41, 5.74) is 1.01. The summed E-state index contributed by atoms with van der Waals surface area (Å²) in [5, 5.41) is 3.05. The van der Waals surface area contributed by atoms with Gasteiger partial charge < -0.3 is 15.0 Å². The average Bonchev–Trinajstić information content (AvgIpc) is 3.17. The fourth-order valence-electron chi connectivity index (χ4n) is 4.29. The lowest BCUT2D eigenvalue weighted by molar-refractivity contribution is -0.132. The van der Waals surface area contributed by atoms with E-state index in [-0.39, 0.29) is 17.6 Å². The Bertz CT molecular complexity index is 919. The zero-order valence-electron chi connectivity index (χ0n) is 19.0. The molecule has 2 amide bonds. The van der Waals surface area contributed by atoms with Crippen LogP contribution in [0.1, 0.15) is 56.6 Å². The third-order valence-electron chi connectivity index (χ3n) is 6.19. The molecule has 1 aliphatic heterocycles. The molecule has 5 nitrogen and oxygen atoms in total. The number of hydrogen-bond acceptors (Lipinski definition) is 3. The molecule has 1 N–H and O–H groups in total. The first-order chi connectivity index (χ1) is 15.4. The molecule has 0 radical (unpaired) electrons. The molecule has 1 atom stereocenters. The first-order valence-electron chi connectivity index (χ1n) is 11.4. The van der Waals surface area contributed by atoms with Crippen molar-refractivity contribution in [3.05, 3.63) is 65.5 Å². The second-order valence-corrected chi connectivity index (χ2v) is 8.62. The van der Waals surface area contributed by atoms with Crippen molar-refractivity contribution in [3.8, 4) is 5.75 Å². The summed E-state index contributed by atoms with van der Waals surface area (Å²) in [7, 11) is 1.50. The molecule has 0 spiro atoms. The Labute approximate surface area is 190 Å². The van der Waals surface area contributed by atoms with E-state index in [1.165, 1.54) is 13.2 Å². The normalized spacial score (nSPS) is 17.8. The van der Waals surface area contributed by atoms with Crippen LogP contribution >= 0.6 is 0 Å². The Balaban J connectivity index is 1.70. The second kappa shape index (κ2) is 11.1. The largest absolute Gasteiger partial charge is 0.497 e. The Kier molecular flexibility index (Phi) is 8.26. The summed E-state index contributed by atoms with van der Waals surface area (Å²) < 4.78 is 19.7. The van der Waals surface area contributed by atoms with E-state index in [1.54, 1.807) is 12.1 Å². The smallest absolute Gasteiger partial charge is 0.222 e. The van der Waals surface area contributed by atoms with Gasteiger partial charge in [0.2, 0.25) is 11.8 Å². The first-order valence-corrected chi connectivity index (χ1v) is 11.4. The van der Waals surface area contributed by atoms with Gasteiger partial charge in [0, 0.05) is 37.5 Å². The van der Waals surface area contributed by atoms with Gasteiger partial charge in [0.05, 0.1) is 7.11 Å². The van der Waals surface area contributed by atoms with Gasteiger partial charge in [-0.15, -0.1) is 0 Å². The number of carbonyl (C=O) groups is 2. The molecular formula is C26H33FN2O3. The molecule has 2 aromatic rings. The van der Waals surface area contributed by atoms with Crippen LogP contribution in [0.4, 0.5) is 4.39 Å². The van der Waals surface area contributed by atoms with Crippen LogP contribution in [-0.4, -0.2) is 35.9 Å². The number of benzene rings is 2. The number of unbranched alkanes of at least 4 members (excludes halogenated alkanes) is 1. The molecule has 3 rings (SSSR count). The van der Waals surface area contributed by atoms with E-state index in [9.17, 15) is 14.0 Å². The van der Waals surface area contributed by atoms with Crippen molar-refractivity contribution in [2.24, 2.45) is 0 Å². The van der Waals surface area contributed by atoms with Crippen molar-refractivity contribution in [2.75, 3.05) is 13.7 Å². The molecule has 1 saturated heterocycles. The van der Waals surface area contributed by atoms with Gasteiger partial charge in [-0.1, -0.05) is 49.7 Å². The molecule has 1 unspecified atom stereocenters. The molecule has 172 valence electrons. The van der Waals surface area contributed by atoms with Gasteiger partial charge in [0.15, 0.2) is 0 Å². The summed E-state index contributed by atoms with van der Waals surface area (Å²) in [6.45, 7) is 3.39. The quantitative estimate of drug-likeness (QED) is 0.554. The van der Waals surface area contributed by atoms with E-state index in [0.29, 0.717) is 56.5 Å². The highest BCUT2D eigenvalue weighted by Gasteiger charge is 2.38. The minimum absolute atomic E-state index is 0.0431. The number of halogens is 1. The maximum atomic E-state index is 14.6. The molecule has 6 heteroatoms. The highest BCUT2D eigenvalue weighted by atomic mass is 19.1. The van der Waals surface area contributed by atoms with Crippen molar-refractivity contribution >= 4 is 11.8 Å². The SMILES string of the molecule is CCCCN(Cc1ccccc1)C(=O)CCC1(Cc2ccc(OC)cc2F)CCC(=O)N1. The number of carbonyl (C=O) groups excluding carboxylic acids is 2. The zero-order valence-corrected chi connectivity index (χ0v) is 19.0. The van der Waals surface area contributed by atoms with E-state index in [1.807, 2.05) is 35.2 Å². The summed E-state index contributed by atoms with van der Waals surface area (Å²) in [6, 6.07) is 14.7. The lowest BCUT2D eigenvalue weighted by Gasteiger charge is -2.31. The maximum Gasteiger partial charge on any atom is 0.222 e. The van der Waals surface area contributed by atoms with Crippen LogP contribution in [-0.2, 0) is 22.6 Å². The van der Waals surface area contributed by atoms with Crippen LogP contribution in [0.3, 0.4) is 0 Å². The van der Waals surface area contributed by atoms with Crippen molar-refractivity contribution in [3.63, 3.8) is 0 Å². The van der Waals surface area contributed by atoms with Crippen LogP contribution in [0.2, 0.25) is 0 Å². The molecule has 32 heavy (non-hydrogen) atoms. The Morgan fingerprint density at radius 1 is 1.22 bits per heavy atom. The molecule has 0 aromatic heterocycles. The molecule has 2 aromatic carbocycles. The van der Waals surface area contributed by atoms with Crippen LogP contribution in [0.15, 0.2) is 48.5 Å². The lowest BCUT2D eigenvalue weighted by atomic mass is 9.84. The van der Waals surface area contributed by atoms with Crippen LogP contribution in [0, 0.1) is 5.82 Å². The summed E-state index contributed by atoms with van der Waals surface area (Å²) in [4.78, 5) is 27.1. The predicted octanol–water partition coefficient (Wildman–Crippen LogP) is 4.63. The molecule has 1 heterocycles. The fraction of sp³-hybridized carbons (Fsp3) is 0.462. The standard InChI is InChI=1S/C26H33FN2O3/c1-3-4-16-29(19-20-8-6-5-7-9-20)25(31)13-15-26(14-12-24(30)28-26)18-21-10-11-22(32-2)17-23(21)27/h5-11,17H,3-4,12-16,18-19H2,1-2H3,(H,28,30). The third kappa shape index (κ3) is 6.31. The molecular weight excluding hydrogens is 407 g/mol. The van der Waals surface area contributed by atoms with Crippen molar-refractivity contribution < 1.29 is 18.7 Å². The summed E-state index contributed by atoms with van der Waals surface area (Å²) >= 11 is 0. The fourth-order valence-corrected chi connectivity index (χ4v) is 4.29. The molecule has 0 bridgehead atoms. The molecule has 0 saturated carbocycles. The Hall–Kier alpha value is -2.89. The Morgan fingerprint density at radius 3 is 2.62 bits per heavy atom. The van der Waals surface area contributed by atoms with E-state index in [2.05, 4.69) is 12.2 Å². The van der Waals surface area contributed by atoms with Gasteiger partial charge in [-0.2, -0.15) is 0 Å². The van der Waals surface area contributed by atoms with Gasteiger partial charge in [-0.25, -0.2) is 4.39 Å². The zero-order chi connectivity index (χ0) is 23.0. The minimum atomic E-state index is -0.606. The van der Waals surface area contributed by atoms with Gasteiger partial charge in [0.25, 0.3) is 0 Å².